The van der Waals surface area contributed by atoms with E-state index in [0.717, 1.165) is 37.2 Å². The minimum atomic E-state index is -5.08. The van der Waals surface area contributed by atoms with Crippen LogP contribution in [0.4, 0.5) is 26.3 Å². The van der Waals surface area contributed by atoms with Crippen molar-refractivity contribution in [3.8, 4) is 17.1 Å². The molecular weight excluding hydrogens is 484 g/mol. The zero-order chi connectivity index (χ0) is 25.6. The number of carboxylic acid groups (broad SMARTS) is 1. The van der Waals surface area contributed by atoms with Gasteiger partial charge in [-0.25, -0.2) is 4.79 Å². The van der Waals surface area contributed by atoms with E-state index in [2.05, 4.69) is 15.5 Å². The third kappa shape index (κ3) is 7.70. The van der Waals surface area contributed by atoms with Gasteiger partial charge >= 0.3 is 18.3 Å². The molecular formula is C22H19F6N3O4. The molecule has 13 heteroatoms. The molecule has 0 unspecified atom stereocenters. The summed E-state index contributed by atoms with van der Waals surface area (Å²) in [4.78, 5) is 13.3. The maximum Gasteiger partial charge on any atom is 0.490 e. The van der Waals surface area contributed by atoms with Crippen LogP contribution >= 0.6 is 0 Å². The molecule has 0 amide bonds. The van der Waals surface area contributed by atoms with Gasteiger partial charge in [-0.05, 0) is 61.0 Å². The van der Waals surface area contributed by atoms with Gasteiger partial charge in [0.25, 0.3) is 0 Å². The van der Waals surface area contributed by atoms with Crippen molar-refractivity contribution in [2.24, 2.45) is 5.92 Å². The zero-order valence-corrected chi connectivity index (χ0v) is 17.9. The summed E-state index contributed by atoms with van der Waals surface area (Å²) in [6.07, 6.45) is -8.65. The van der Waals surface area contributed by atoms with E-state index >= 15 is 0 Å². The maximum absolute atomic E-state index is 12.6. The van der Waals surface area contributed by atoms with Gasteiger partial charge < -0.3 is 19.7 Å². The van der Waals surface area contributed by atoms with Gasteiger partial charge in [-0.1, -0.05) is 17.3 Å². The van der Waals surface area contributed by atoms with Crippen molar-refractivity contribution < 1.29 is 45.5 Å². The molecule has 1 aliphatic heterocycles. The van der Waals surface area contributed by atoms with Gasteiger partial charge in [-0.3, -0.25) is 0 Å². The number of hydrogen-bond acceptors (Lipinski definition) is 6. The van der Waals surface area contributed by atoms with E-state index in [1.54, 1.807) is 12.1 Å². The normalized spacial score (nSPS) is 14.0. The first kappa shape index (κ1) is 26.0. The molecule has 1 saturated heterocycles. The monoisotopic (exact) mass is 503 g/mol. The molecule has 188 valence electrons. The summed E-state index contributed by atoms with van der Waals surface area (Å²) in [6, 6.07) is 12.1. The second-order valence-electron chi connectivity index (χ2n) is 7.55. The Labute approximate surface area is 194 Å². The van der Waals surface area contributed by atoms with E-state index in [-0.39, 0.29) is 6.61 Å². The lowest BCUT2D eigenvalue weighted by Crippen LogP contribution is -2.43. The van der Waals surface area contributed by atoms with Crippen LogP contribution in [0, 0.1) is 5.92 Å². The van der Waals surface area contributed by atoms with Gasteiger partial charge in [0.05, 0.1) is 5.56 Å². The molecule has 35 heavy (non-hydrogen) atoms. The lowest BCUT2D eigenvalue weighted by atomic mass is 10.00. The molecule has 0 spiro atoms. The van der Waals surface area contributed by atoms with Crippen molar-refractivity contribution in [1.82, 2.24) is 15.5 Å². The highest BCUT2D eigenvalue weighted by atomic mass is 19.4. The van der Waals surface area contributed by atoms with Crippen molar-refractivity contribution >= 4 is 5.97 Å². The number of carboxylic acids is 1. The fourth-order valence-corrected chi connectivity index (χ4v) is 2.85. The molecule has 1 aromatic heterocycles. The van der Waals surface area contributed by atoms with Crippen LogP contribution in [0.2, 0.25) is 0 Å². The van der Waals surface area contributed by atoms with Crippen LogP contribution in [0.15, 0.2) is 53.1 Å². The minimum absolute atomic E-state index is 0.180. The Morgan fingerprint density at radius 3 is 2.11 bits per heavy atom. The topological polar surface area (TPSA) is 97.5 Å². The molecule has 0 aliphatic carbocycles. The number of nitrogens with one attached hydrogen (secondary N) is 1. The Morgan fingerprint density at radius 2 is 1.63 bits per heavy atom. The Bertz CT molecular complexity index is 1110. The molecule has 7 nitrogen and oxygen atoms in total. The van der Waals surface area contributed by atoms with Gasteiger partial charge in [0.15, 0.2) is 0 Å². The quantitative estimate of drug-likeness (QED) is 0.470. The summed E-state index contributed by atoms with van der Waals surface area (Å²) >= 11 is 0. The van der Waals surface area contributed by atoms with Crippen LogP contribution in [0.5, 0.6) is 5.75 Å². The number of alkyl halides is 6. The standard InChI is InChI=1S/C20H18F3N3O2.C2HF3O2/c21-20(22,23)16-5-1-13(2-6-16)12-27-17-7-3-15(4-8-17)19-25-18(28-26-19)9-14-10-24-11-14;3-2(4,5)1(6)7/h1-8,14,24H,9-12H2;(H,6,7). The van der Waals surface area contributed by atoms with Gasteiger partial charge in [0.2, 0.25) is 11.7 Å². The Balaban J connectivity index is 0.000000429. The van der Waals surface area contributed by atoms with Crippen molar-refractivity contribution in [1.29, 1.82) is 0 Å². The molecule has 2 aromatic carbocycles. The van der Waals surface area contributed by atoms with Crippen LogP contribution in [-0.4, -0.2) is 40.5 Å². The number of benzene rings is 2. The molecule has 1 aliphatic rings. The number of hydrogen-bond donors (Lipinski definition) is 2. The smallest absolute Gasteiger partial charge is 0.489 e. The first-order valence-corrected chi connectivity index (χ1v) is 10.1. The summed E-state index contributed by atoms with van der Waals surface area (Å²) in [7, 11) is 0. The lowest BCUT2D eigenvalue weighted by Gasteiger charge is -2.25. The molecule has 0 bridgehead atoms. The highest BCUT2D eigenvalue weighted by Gasteiger charge is 2.38. The van der Waals surface area contributed by atoms with Gasteiger partial charge in [-0.15, -0.1) is 0 Å². The van der Waals surface area contributed by atoms with E-state index in [0.29, 0.717) is 28.9 Å². The Morgan fingerprint density at radius 1 is 1.03 bits per heavy atom. The summed E-state index contributed by atoms with van der Waals surface area (Å²) < 4.78 is 80.4. The maximum atomic E-state index is 12.6. The minimum Gasteiger partial charge on any atom is -0.489 e. The summed E-state index contributed by atoms with van der Waals surface area (Å²) in [5.41, 5.74) is 0.794. The Hall–Kier alpha value is -3.61. The van der Waals surface area contributed by atoms with Gasteiger partial charge in [0.1, 0.15) is 12.4 Å². The SMILES string of the molecule is FC(F)(F)c1ccc(COc2ccc(-c3noc(CC4CNC4)n3)cc2)cc1.O=C(O)C(F)(F)F. The molecule has 0 saturated carbocycles. The molecule has 2 N–H and O–H groups in total. The Kier molecular flexibility index (Phi) is 7.99. The number of halogens is 6. The number of aromatic nitrogens is 2. The number of rotatable bonds is 6. The predicted molar refractivity (Wildman–Crippen MR) is 109 cm³/mol. The average molecular weight is 503 g/mol. The van der Waals surface area contributed by atoms with Crippen LogP contribution in [-0.2, 0) is 24.0 Å². The number of carbonyl (C=O) groups is 1. The first-order chi connectivity index (χ1) is 16.4. The largest absolute Gasteiger partial charge is 0.490 e. The van der Waals surface area contributed by atoms with E-state index in [4.69, 9.17) is 19.2 Å². The fraction of sp³-hybridized carbons (Fsp3) is 0.318. The van der Waals surface area contributed by atoms with E-state index in [1.165, 1.54) is 12.1 Å². The molecule has 3 aromatic rings. The first-order valence-electron chi connectivity index (χ1n) is 10.1. The molecule has 4 rings (SSSR count). The van der Waals surface area contributed by atoms with Gasteiger partial charge in [0, 0.05) is 12.0 Å². The van der Waals surface area contributed by atoms with Crippen molar-refractivity contribution in [3.63, 3.8) is 0 Å². The number of ether oxygens (including phenoxy) is 1. The van der Waals surface area contributed by atoms with E-state index in [9.17, 15) is 26.3 Å². The van der Waals surface area contributed by atoms with Crippen molar-refractivity contribution in [3.05, 3.63) is 65.5 Å². The second kappa shape index (κ2) is 10.8. The van der Waals surface area contributed by atoms with Crippen molar-refractivity contribution in [2.75, 3.05) is 13.1 Å². The van der Waals surface area contributed by atoms with Crippen LogP contribution < -0.4 is 10.1 Å². The molecule has 2 heterocycles. The van der Waals surface area contributed by atoms with Crippen LogP contribution in [0.3, 0.4) is 0 Å². The van der Waals surface area contributed by atoms with E-state index < -0.39 is 23.9 Å². The fourth-order valence-electron chi connectivity index (χ4n) is 2.85. The van der Waals surface area contributed by atoms with Crippen LogP contribution in [0.1, 0.15) is 17.0 Å². The second-order valence-corrected chi connectivity index (χ2v) is 7.55. The zero-order valence-electron chi connectivity index (χ0n) is 17.9. The summed E-state index contributed by atoms with van der Waals surface area (Å²) in [6.45, 7) is 2.13. The number of aliphatic carboxylic acids is 1. The molecule has 1 fully saturated rings. The third-order valence-electron chi connectivity index (χ3n) is 4.84. The molecule has 0 radical (unpaired) electrons. The lowest BCUT2D eigenvalue weighted by molar-refractivity contribution is -0.192. The van der Waals surface area contributed by atoms with E-state index in [1.807, 2.05) is 12.1 Å². The van der Waals surface area contributed by atoms with Gasteiger partial charge in [-0.2, -0.15) is 31.3 Å². The number of nitrogens with zero attached hydrogens (tertiary/aromatic N) is 2. The average Bonchev–Trinajstić information content (AvgIpc) is 3.23. The highest BCUT2D eigenvalue weighted by molar-refractivity contribution is 5.73. The summed E-state index contributed by atoms with van der Waals surface area (Å²) in [5.74, 6) is -0.449. The van der Waals surface area contributed by atoms with Crippen LogP contribution in [0.25, 0.3) is 11.4 Å². The van der Waals surface area contributed by atoms with Crippen molar-refractivity contribution in [2.45, 2.75) is 25.4 Å². The highest BCUT2D eigenvalue weighted by Crippen LogP contribution is 2.29. The predicted octanol–water partition coefficient (Wildman–Crippen LogP) is 4.73. The molecule has 0 atom stereocenters. The summed E-state index contributed by atoms with van der Waals surface area (Å²) in [5, 5.41) is 14.3. The third-order valence-corrected chi connectivity index (χ3v) is 4.84.